The average Bonchev–Trinajstić information content (AvgIpc) is 3.23. The topological polar surface area (TPSA) is 88.9 Å². The smallest absolute Gasteiger partial charge is 0.257 e. The first-order valence-electron chi connectivity index (χ1n) is 10.5. The van der Waals surface area contributed by atoms with Crippen molar-refractivity contribution in [3.05, 3.63) is 89.7 Å². The van der Waals surface area contributed by atoms with Gasteiger partial charge in [-0.05, 0) is 44.5 Å². The molecule has 32 heavy (non-hydrogen) atoms. The predicted octanol–water partition coefficient (Wildman–Crippen LogP) is 4.76. The van der Waals surface area contributed by atoms with Crippen LogP contribution in [0.3, 0.4) is 0 Å². The number of benzene rings is 2. The minimum absolute atomic E-state index is 0.170. The van der Waals surface area contributed by atoms with E-state index in [1.54, 1.807) is 36.5 Å². The molecule has 4 rings (SSSR count). The first-order valence-corrected chi connectivity index (χ1v) is 10.5. The number of pyridine rings is 1. The van der Waals surface area contributed by atoms with Crippen LogP contribution >= 0.6 is 0 Å². The van der Waals surface area contributed by atoms with Crippen LogP contribution in [0.4, 0.5) is 5.69 Å². The monoisotopic (exact) mass is 427 g/mol. The molecule has 1 atom stereocenters. The Kier molecular flexibility index (Phi) is 5.98. The second kappa shape index (κ2) is 9.01. The van der Waals surface area contributed by atoms with Crippen molar-refractivity contribution in [1.82, 2.24) is 20.1 Å². The Bertz CT molecular complexity index is 1260. The number of para-hydroxylation sites is 1. The number of rotatable bonds is 6. The van der Waals surface area contributed by atoms with Gasteiger partial charge in [0.05, 0.1) is 29.1 Å². The Labute approximate surface area is 186 Å². The molecule has 0 fully saturated rings. The highest BCUT2D eigenvalue weighted by molar-refractivity contribution is 6.09. The SMILES string of the molecule is CC(NC(=O)c1ccccc1NC(=O)c1cnc2c(cnn2C(C)C)c1)c1ccccc1. The highest BCUT2D eigenvalue weighted by Gasteiger charge is 2.17. The van der Waals surface area contributed by atoms with Crippen LogP contribution in [0, 0.1) is 0 Å². The summed E-state index contributed by atoms with van der Waals surface area (Å²) in [5.41, 5.74) is 2.96. The summed E-state index contributed by atoms with van der Waals surface area (Å²) in [5, 5.41) is 11.0. The van der Waals surface area contributed by atoms with Crippen molar-refractivity contribution in [3.8, 4) is 0 Å². The van der Waals surface area contributed by atoms with Gasteiger partial charge >= 0.3 is 0 Å². The summed E-state index contributed by atoms with van der Waals surface area (Å²) >= 11 is 0. The molecule has 0 saturated carbocycles. The van der Waals surface area contributed by atoms with Crippen molar-refractivity contribution in [1.29, 1.82) is 0 Å². The molecular weight excluding hydrogens is 402 g/mol. The van der Waals surface area contributed by atoms with Crippen molar-refractivity contribution in [2.75, 3.05) is 5.32 Å². The molecule has 0 bridgehead atoms. The van der Waals surface area contributed by atoms with E-state index in [9.17, 15) is 9.59 Å². The molecular formula is C25H25N5O2. The number of fused-ring (bicyclic) bond motifs is 1. The Morgan fingerprint density at radius 3 is 2.38 bits per heavy atom. The zero-order valence-electron chi connectivity index (χ0n) is 18.2. The second-order valence-electron chi connectivity index (χ2n) is 7.93. The van der Waals surface area contributed by atoms with Crippen LogP contribution < -0.4 is 10.6 Å². The van der Waals surface area contributed by atoms with Gasteiger partial charge in [-0.15, -0.1) is 0 Å². The highest BCUT2D eigenvalue weighted by Crippen LogP contribution is 2.21. The average molecular weight is 428 g/mol. The van der Waals surface area contributed by atoms with Gasteiger partial charge in [-0.3, -0.25) is 9.59 Å². The van der Waals surface area contributed by atoms with E-state index >= 15 is 0 Å². The summed E-state index contributed by atoms with van der Waals surface area (Å²) in [6.45, 7) is 5.97. The zero-order chi connectivity index (χ0) is 22.7. The highest BCUT2D eigenvalue weighted by atomic mass is 16.2. The molecule has 162 valence electrons. The molecule has 0 saturated heterocycles. The number of hydrogen-bond donors (Lipinski definition) is 2. The quantitative estimate of drug-likeness (QED) is 0.464. The first kappa shape index (κ1) is 21.2. The van der Waals surface area contributed by atoms with Crippen molar-refractivity contribution in [2.45, 2.75) is 32.9 Å². The molecule has 7 nitrogen and oxygen atoms in total. The van der Waals surface area contributed by atoms with E-state index in [0.717, 1.165) is 16.6 Å². The number of aromatic nitrogens is 3. The summed E-state index contributed by atoms with van der Waals surface area (Å²) < 4.78 is 1.81. The maximum Gasteiger partial charge on any atom is 0.257 e. The number of anilines is 1. The molecule has 2 heterocycles. The van der Waals surface area contributed by atoms with E-state index in [1.807, 2.05) is 55.8 Å². The van der Waals surface area contributed by atoms with E-state index in [1.165, 1.54) is 6.20 Å². The Hall–Kier alpha value is -4.00. The minimum Gasteiger partial charge on any atom is -0.345 e. The van der Waals surface area contributed by atoms with Crippen molar-refractivity contribution >= 4 is 28.5 Å². The third-order valence-electron chi connectivity index (χ3n) is 5.25. The molecule has 0 aliphatic carbocycles. The number of nitrogens with zero attached hydrogens (tertiary/aromatic N) is 3. The van der Waals surface area contributed by atoms with Gasteiger partial charge in [-0.25, -0.2) is 9.67 Å². The van der Waals surface area contributed by atoms with Gasteiger partial charge in [0.1, 0.15) is 0 Å². The normalized spacial score (nSPS) is 12.0. The van der Waals surface area contributed by atoms with Gasteiger partial charge in [0.25, 0.3) is 11.8 Å². The zero-order valence-corrected chi connectivity index (χ0v) is 18.2. The van der Waals surface area contributed by atoms with E-state index in [2.05, 4.69) is 20.7 Å². The predicted molar refractivity (Wildman–Crippen MR) is 125 cm³/mol. The van der Waals surface area contributed by atoms with Crippen LogP contribution in [-0.4, -0.2) is 26.6 Å². The molecule has 4 aromatic rings. The summed E-state index contributed by atoms with van der Waals surface area (Å²) in [4.78, 5) is 30.2. The van der Waals surface area contributed by atoms with Gasteiger partial charge in [-0.1, -0.05) is 42.5 Å². The number of hydrogen-bond acceptors (Lipinski definition) is 4. The number of carbonyl (C=O) groups is 2. The van der Waals surface area contributed by atoms with Crippen LogP contribution in [-0.2, 0) is 0 Å². The summed E-state index contributed by atoms with van der Waals surface area (Å²) in [6, 6.07) is 18.4. The minimum atomic E-state index is -0.340. The molecule has 2 amide bonds. The lowest BCUT2D eigenvalue weighted by molar-refractivity contribution is 0.0940. The van der Waals surface area contributed by atoms with Gasteiger partial charge in [0.15, 0.2) is 5.65 Å². The number of nitrogens with one attached hydrogen (secondary N) is 2. The van der Waals surface area contributed by atoms with Crippen LogP contribution in [0.2, 0.25) is 0 Å². The third kappa shape index (κ3) is 4.37. The Balaban J connectivity index is 1.53. The van der Waals surface area contributed by atoms with E-state index in [-0.39, 0.29) is 23.9 Å². The lowest BCUT2D eigenvalue weighted by atomic mass is 10.1. The van der Waals surface area contributed by atoms with E-state index < -0.39 is 0 Å². The van der Waals surface area contributed by atoms with Crippen LogP contribution in [0.5, 0.6) is 0 Å². The van der Waals surface area contributed by atoms with Crippen molar-refractivity contribution < 1.29 is 9.59 Å². The fourth-order valence-corrected chi connectivity index (χ4v) is 3.53. The fourth-order valence-electron chi connectivity index (χ4n) is 3.53. The molecule has 0 radical (unpaired) electrons. The van der Waals surface area contributed by atoms with Crippen LogP contribution in [0.25, 0.3) is 11.0 Å². The van der Waals surface area contributed by atoms with Gasteiger partial charge in [-0.2, -0.15) is 5.10 Å². The Morgan fingerprint density at radius 1 is 0.906 bits per heavy atom. The number of amides is 2. The standard InChI is InChI=1S/C25H25N5O2/c1-16(2)30-23-19(15-27-30)13-20(14-26-23)24(31)29-22-12-8-7-11-21(22)25(32)28-17(3)18-9-5-4-6-10-18/h4-17H,1-3H3,(H,28,32)(H,29,31). The molecule has 7 heteroatoms. The lowest BCUT2D eigenvalue weighted by Gasteiger charge is -2.16. The third-order valence-corrected chi connectivity index (χ3v) is 5.25. The first-order chi connectivity index (χ1) is 15.4. The maximum absolute atomic E-state index is 12.9. The summed E-state index contributed by atoms with van der Waals surface area (Å²) in [6.07, 6.45) is 3.23. The fraction of sp³-hybridized carbons (Fsp3) is 0.200. The van der Waals surface area contributed by atoms with Gasteiger partial charge in [0, 0.05) is 17.6 Å². The molecule has 2 N–H and O–H groups in total. The van der Waals surface area contributed by atoms with Crippen LogP contribution in [0.1, 0.15) is 59.1 Å². The molecule has 0 aliphatic rings. The largest absolute Gasteiger partial charge is 0.345 e. The van der Waals surface area contributed by atoms with Crippen LogP contribution in [0.15, 0.2) is 73.1 Å². The van der Waals surface area contributed by atoms with Crippen molar-refractivity contribution in [3.63, 3.8) is 0 Å². The second-order valence-corrected chi connectivity index (χ2v) is 7.93. The maximum atomic E-state index is 12.9. The lowest BCUT2D eigenvalue weighted by Crippen LogP contribution is -2.28. The van der Waals surface area contributed by atoms with Crippen molar-refractivity contribution in [2.24, 2.45) is 0 Å². The van der Waals surface area contributed by atoms with Gasteiger partial charge in [0.2, 0.25) is 0 Å². The number of carbonyl (C=O) groups excluding carboxylic acids is 2. The van der Waals surface area contributed by atoms with E-state index in [4.69, 9.17) is 0 Å². The summed E-state index contributed by atoms with van der Waals surface area (Å²) in [5.74, 6) is -0.600. The molecule has 2 aromatic heterocycles. The molecule has 1 unspecified atom stereocenters. The molecule has 0 spiro atoms. The molecule has 2 aromatic carbocycles. The molecule has 0 aliphatic heterocycles. The Morgan fingerprint density at radius 2 is 1.62 bits per heavy atom. The van der Waals surface area contributed by atoms with E-state index in [0.29, 0.717) is 16.8 Å². The summed E-state index contributed by atoms with van der Waals surface area (Å²) in [7, 11) is 0. The van der Waals surface area contributed by atoms with Gasteiger partial charge < -0.3 is 10.6 Å².